The van der Waals surface area contributed by atoms with Gasteiger partial charge in [-0.25, -0.2) is 0 Å². The standard InChI is InChI=1S/C15H16N2/c1-3-4-9-14(16-2)15-13-8-6-5-7-12(13)10-11-17-15/h5-8,10-11,14,16H,9H2,1-2H3. The van der Waals surface area contributed by atoms with Crippen LogP contribution in [-0.4, -0.2) is 12.0 Å². The Labute approximate surface area is 102 Å². The lowest BCUT2D eigenvalue weighted by Crippen LogP contribution is -2.17. The lowest BCUT2D eigenvalue weighted by molar-refractivity contribution is 0.599. The van der Waals surface area contributed by atoms with Crippen molar-refractivity contribution in [3.05, 3.63) is 42.2 Å². The molecule has 2 aromatic rings. The highest BCUT2D eigenvalue weighted by atomic mass is 14.9. The Kier molecular flexibility index (Phi) is 3.74. The third kappa shape index (κ3) is 2.46. The minimum absolute atomic E-state index is 0.188. The van der Waals surface area contributed by atoms with Gasteiger partial charge in [0.2, 0.25) is 0 Å². The van der Waals surface area contributed by atoms with Gasteiger partial charge in [-0.15, -0.1) is 11.8 Å². The van der Waals surface area contributed by atoms with Gasteiger partial charge in [0.25, 0.3) is 0 Å². The molecule has 1 N–H and O–H groups in total. The molecule has 0 saturated carbocycles. The van der Waals surface area contributed by atoms with Gasteiger partial charge in [0, 0.05) is 18.0 Å². The molecular formula is C15H16N2. The molecule has 2 nitrogen and oxygen atoms in total. The lowest BCUT2D eigenvalue weighted by atomic mass is 10.0. The third-order valence-electron chi connectivity index (χ3n) is 2.87. The zero-order valence-corrected chi connectivity index (χ0v) is 10.2. The topological polar surface area (TPSA) is 24.9 Å². The lowest BCUT2D eigenvalue weighted by Gasteiger charge is -2.14. The fraction of sp³-hybridized carbons (Fsp3) is 0.267. The van der Waals surface area contributed by atoms with Crippen LogP contribution in [0.4, 0.5) is 0 Å². The maximum atomic E-state index is 4.50. The monoisotopic (exact) mass is 224 g/mol. The van der Waals surface area contributed by atoms with Gasteiger partial charge in [-0.2, -0.15) is 0 Å². The quantitative estimate of drug-likeness (QED) is 0.811. The minimum atomic E-state index is 0.188. The van der Waals surface area contributed by atoms with E-state index in [1.54, 1.807) is 0 Å². The van der Waals surface area contributed by atoms with Crippen molar-refractivity contribution in [1.82, 2.24) is 10.3 Å². The van der Waals surface area contributed by atoms with E-state index in [9.17, 15) is 0 Å². The second-order valence-electron chi connectivity index (χ2n) is 3.89. The number of hydrogen-bond acceptors (Lipinski definition) is 2. The first kappa shape index (κ1) is 11.6. The average Bonchev–Trinajstić information content (AvgIpc) is 2.40. The van der Waals surface area contributed by atoms with E-state index in [1.165, 1.54) is 10.8 Å². The molecule has 1 aromatic heterocycles. The van der Waals surface area contributed by atoms with Crippen molar-refractivity contribution >= 4 is 10.8 Å². The molecule has 0 bridgehead atoms. The third-order valence-corrected chi connectivity index (χ3v) is 2.87. The molecule has 0 aliphatic rings. The zero-order valence-electron chi connectivity index (χ0n) is 10.2. The van der Waals surface area contributed by atoms with Crippen LogP contribution in [0.25, 0.3) is 10.8 Å². The van der Waals surface area contributed by atoms with Crippen LogP contribution in [-0.2, 0) is 0 Å². The number of nitrogens with zero attached hydrogens (tertiary/aromatic N) is 1. The Balaban J connectivity index is 2.48. The first-order valence-electron chi connectivity index (χ1n) is 5.77. The summed E-state index contributed by atoms with van der Waals surface area (Å²) >= 11 is 0. The Hall–Kier alpha value is -1.85. The number of rotatable bonds is 3. The highest BCUT2D eigenvalue weighted by Crippen LogP contribution is 2.23. The summed E-state index contributed by atoms with van der Waals surface area (Å²) in [6, 6.07) is 10.5. The second kappa shape index (κ2) is 5.47. The van der Waals surface area contributed by atoms with Crippen LogP contribution in [0.5, 0.6) is 0 Å². The molecule has 1 heterocycles. The van der Waals surface area contributed by atoms with Crippen molar-refractivity contribution in [2.24, 2.45) is 0 Å². The summed E-state index contributed by atoms with van der Waals surface area (Å²) in [7, 11) is 1.95. The zero-order chi connectivity index (χ0) is 12.1. The molecule has 1 atom stereocenters. The Bertz CT molecular complexity index is 558. The predicted molar refractivity (Wildman–Crippen MR) is 71.6 cm³/mol. The van der Waals surface area contributed by atoms with Gasteiger partial charge in [0.1, 0.15) is 0 Å². The summed E-state index contributed by atoms with van der Waals surface area (Å²) < 4.78 is 0. The number of fused-ring (bicyclic) bond motifs is 1. The molecule has 86 valence electrons. The highest BCUT2D eigenvalue weighted by Gasteiger charge is 2.12. The van der Waals surface area contributed by atoms with Gasteiger partial charge < -0.3 is 5.32 Å². The smallest absolute Gasteiger partial charge is 0.0661 e. The first-order chi connectivity index (χ1) is 8.36. The number of pyridine rings is 1. The van der Waals surface area contributed by atoms with E-state index in [4.69, 9.17) is 0 Å². The van der Waals surface area contributed by atoms with E-state index >= 15 is 0 Å². The molecule has 2 heteroatoms. The molecular weight excluding hydrogens is 208 g/mol. The Morgan fingerprint density at radius 1 is 1.29 bits per heavy atom. The van der Waals surface area contributed by atoms with Crippen molar-refractivity contribution in [2.45, 2.75) is 19.4 Å². The highest BCUT2D eigenvalue weighted by molar-refractivity contribution is 5.84. The molecule has 0 amide bonds. The summed E-state index contributed by atoms with van der Waals surface area (Å²) in [4.78, 5) is 4.50. The maximum absolute atomic E-state index is 4.50. The fourth-order valence-electron chi connectivity index (χ4n) is 1.96. The Morgan fingerprint density at radius 3 is 2.88 bits per heavy atom. The second-order valence-corrected chi connectivity index (χ2v) is 3.89. The van der Waals surface area contributed by atoms with Crippen LogP contribution in [0.3, 0.4) is 0 Å². The van der Waals surface area contributed by atoms with E-state index in [0.29, 0.717) is 0 Å². The number of aromatic nitrogens is 1. The molecule has 0 saturated heterocycles. The van der Waals surface area contributed by atoms with Gasteiger partial charge in [-0.1, -0.05) is 24.3 Å². The first-order valence-corrected chi connectivity index (χ1v) is 5.77. The summed E-state index contributed by atoms with van der Waals surface area (Å²) in [5.41, 5.74) is 1.08. The van der Waals surface area contributed by atoms with Crippen molar-refractivity contribution in [3.63, 3.8) is 0 Å². The number of hydrogen-bond donors (Lipinski definition) is 1. The van der Waals surface area contributed by atoms with Crippen LogP contribution in [0, 0.1) is 11.8 Å². The molecule has 0 fully saturated rings. The summed E-state index contributed by atoms with van der Waals surface area (Å²) in [5, 5.41) is 5.71. The van der Waals surface area contributed by atoms with E-state index in [-0.39, 0.29) is 6.04 Å². The molecule has 0 spiro atoms. The van der Waals surface area contributed by atoms with Gasteiger partial charge in [-0.3, -0.25) is 4.98 Å². The molecule has 0 radical (unpaired) electrons. The van der Waals surface area contributed by atoms with Crippen LogP contribution >= 0.6 is 0 Å². The van der Waals surface area contributed by atoms with Crippen LogP contribution in [0.1, 0.15) is 25.1 Å². The largest absolute Gasteiger partial charge is 0.311 e. The van der Waals surface area contributed by atoms with E-state index < -0.39 is 0 Å². The van der Waals surface area contributed by atoms with E-state index in [2.05, 4.69) is 34.3 Å². The van der Waals surface area contributed by atoms with E-state index in [0.717, 1.165) is 12.1 Å². The van der Waals surface area contributed by atoms with Crippen molar-refractivity contribution < 1.29 is 0 Å². The van der Waals surface area contributed by atoms with Crippen molar-refractivity contribution in [3.8, 4) is 11.8 Å². The minimum Gasteiger partial charge on any atom is -0.311 e. The molecule has 17 heavy (non-hydrogen) atoms. The van der Waals surface area contributed by atoms with Gasteiger partial charge >= 0.3 is 0 Å². The molecule has 0 aliphatic heterocycles. The molecule has 1 aromatic carbocycles. The van der Waals surface area contributed by atoms with Gasteiger partial charge in [-0.05, 0) is 25.4 Å². The summed E-state index contributed by atoms with van der Waals surface area (Å²) in [5.74, 6) is 6.04. The maximum Gasteiger partial charge on any atom is 0.0661 e. The SMILES string of the molecule is CC#CCC(NC)c1nccc2ccccc12. The predicted octanol–water partition coefficient (Wildman–Crippen LogP) is 2.91. The normalized spacial score (nSPS) is 11.9. The molecule has 2 rings (SSSR count). The average molecular weight is 224 g/mol. The Morgan fingerprint density at radius 2 is 2.12 bits per heavy atom. The van der Waals surface area contributed by atoms with Crippen molar-refractivity contribution in [2.75, 3.05) is 7.05 Å². The summed E-state index contributed by atoms with van der Waals surface area (Å²) in [6.45, 7) is 1.86. The number of nitrogens with one attached hydrogen (secondary N) is 1. The molecule has 1 unspecified atom stereocenters. The van der Waals surface area contributed by atoms with E-state index in [1.807, 2.05) is 38.4 Å². The number of benzene rings is 1. The van der Waals surface area contributed by atoms with Crippen LogP contribution in [0.2, 0.25) is 0 Å². The van der Waals surface area contributed by atoms with Gasteiger partial charge in [0.15, 0.2) is 0 Å². The fourth-order valence-corrected chi connectivity index (χ4v) is 1.96. The molecule has 0 aliphatic carbocycles. The van der Waals surface area contributed by atoms with Crippen molar-refractivity contribution in [1.29, 1.82) is 0 Å². The summed E-state index contributed by atoms with van der Waals surface area (Å²) in [6.07, 6.45) is 2.65. The van der Waals surface area contributed by atoms with Crippen LogP contribution in [0.15, 0.2) is 36.5 Å². The van der Waals surface area contributed by atoms with Crippen LogP contribution < -0.4 is 5.32 Å². The van der Waals surface area contributed by atoms with Gasteiger partial charge in [0.05, 0.1) is 11.7 Å².